The Hall–Kier alpha value is -3.19. The summed E-state index contributed by atoms with van der Waals surface area (Å²) >= 11 is 0. The average molecular weight is 354 g/mol. The summed E-state index contributed by atoms with van der Waals surface area (Å²) in [4.78, 5) is 16.1. The molecule has 1 amide bonds. The first-order valence-electron chi connectivity index (χ1n) is 7.35. The Morgan fingerprint density at radius 2 is 1.60 bits per heavy atom. The second kappa shape index (κ2) is 7.14. The minimum Gasteiger partial charge on any atom is -0.456 e. The number of hydrogen-bond donors (Lipinski definition) is 1. The van der Waals surface area contributed by atoms with E-state index in [1.807, 2.05) is 4.72 Å². The van der Waals surface area contributed by atoms with Crippen molar-refractivity contribution in [2.45, 2.75) is 4.90 Å². The van der Waals surface area contributed by atoms with E-state index in [-0.39, 0.29) is 10.5 Å². The molecule has 25 heavy (non-hydrogen) atoms. The molecule has 0 radical (unpaired) electrons. The van der Waals surface area contributed by atoms with Crippen LogP contribution in [-0.2, 0) is 10.0 Å². The van der Waals surface area contributed by atoms with Gasteiger partial charge in [0, 0.05) is 11.8 Å². The van der Waals surface area contributed by atoms with E-state index in [1.165, 1.54) is 24.3 Å². The van der Waals surface area contributed by atoms with Gasteiger partial charge in [-0.25, -0.2) is 13.1 Å². The van der Waals surface area contributed by atoms with Crippen molar-refractivity contribution < 1.29 is 17.9 Å². The van der Waals surface area contributed by atoms with Gasteiger partial charge in [-0.15, -0.1) is 0 Å². The van der Waals surface area contributed by atoms with E-state index in [4.69, 9.17) is 4.74 Å². The third kappa shape index (κ3) is 4.21. The number of sulfonamides is 1. The van der Waals surface area contributed by atoms with Crippen molar-refractivity contribution in [3.05, 3.63) is 84.7 Å². The van der Waals surface area contributed by atoms with Gasteiger partial charge in [-0.2, -0.15) is 0 Å². The minimum absolute atomic E-state index is 0.0277. The van der Waals surface area contributed by atoms with Crippen LogP contribution in [0.4, 0.5) is 0 Å². The Morgan fingerprint density at radius 3 is 2.24 bits per heavy atom. The Labute approximate surface area is 145 Å². The zero-order chi connectivity index (χ0) is 17.7. The molecule has 1 heterocycles. The maximum absolute atomic E-state index is 12.2. The van der Waals surface area contributed by atoms with Gasteiger partial charge < -0.3 is 4.74 Å². The fourth-order valence-corrected chi connectivity index (χ4v) is 3.05. The number of carbonyl (C=O) groups is 1. The van der Waals surface area contributed by atoms with Crippen LogP contribution >= 0.6 is 0 Å². The van der Waals surface area contributed by atoms with Crippen molar-refractivity contribution in [1.29, 1.82) is 0 Å². The largest absolute Gasteiger partial charge is 0.456 e. The van der Waals surface area contributed by atoms with Gasteiger partial charge in [0.05, 0.1) is 11.1 Å². The third-order valence-electron chi connectivity index (χ3n) is 3.27. The molecule has 3 aromatic rings. The van der Waals surface area contributed by atoms with Gasteiger partial charge >= 0.3 is 0 Å². The maximum atomic E-state index is 12.2. The summed E-state index contributed by atoms with van der Waals surface area (Å²) in [5.41, 5.74) is 0.207. The van der Waals surface area contributed by atoms with Crippen LogP contribution in [0.5, 0.6) is 11.5 Å². The highest BCUT2D eigenvalue weighted by Crippen LogP contribution is 2.20. The molecule has 0 spiro atoms. The second-order valence-electron chi connectivity index (χ2n) is 5.06. The lowest BCUT2D eigenvalue weighted by molar-refractivity contribution is 0.0981. The van der Waals surface area contributed by atoms with E-state index in [0.717, 1.165) is 0 Å². The van der Waals surface area contributed by atoms with Crippen LogP contribution in [0.2, 0.25) is 0 Å². The topological polar surface area (TPSA) is 85.4 Å². The van der Waals surface area contributed by atoms with Gasteiger partial charge in [0.1, 0.15) is 11.5 Å². The van der Waals surface area contributed by atoms with E-state index < -0.39 is 15.9 Å². The first kappa shape index (κ1) is 16.7. The first-order valence-corrected chi connectivity index (χ1v) is 8.83. The molecular weight excluding hydrogens is 340 g/mol. The van der Waals surface area contributed by atoms with Gasteiger partial charge in [0.25, 0.3) is 15.9 Å². The summed E-state index contributed by atoms with van der Waals surface area (Å²) in [6, 6.07) is 17.3. The summed E-state index contributed by atoms with van der Waals surface area (Å²) in [5.74, 6) is 0.360. The molecule has 3 rings (SSSR count). The van der Waals surface area contributed by atoms with Gasteiger partial charge in [-0.3, -0.25) is 9.78 Å². The smallest absolute Gasteiger partial charge is 0.265 e. The first-order chi connectivity index (χ1) is 12.0. The number of nitrogens with zero attached hydrogens (tertiary/aromatic N) is 1. The molecule has 6 nitrogen and oxygen atoms in total. The number of hydrogen-bond acceptors (Lipinski definition) is 5. The normalized spacial score (nSPS) is 10.9. The molecule has 0 aliphatic rings. The molecule has 2 aromatic carbocycles. The Kier molecular flexibility index (Phi) is 4.76. The molecule has 1 aromatic heterocycles. The number of ether oxygens (including phenoxy) is 1. The lowest BCUT2D eigenvalue weighted by atomic mass is 10.2. The molecular formula is C18H14N2O4S. The van der Waals surface area contributed by atoms with E-state index in [9.17, 15) is 13.2 Å². The highest BCUT2D eigenvalue weighted by atomic mass is 32.2. The number of pyridine rings is 1. The van der Waals surface area contributed by atoms with Crippen LogP contribution in [0.1, 0.15) is 10.4 Å². The van der Waals surface area contributed by atoms with Crippen molar-refractivity contribution >= 4 is 15.9 Å². The standard InChI is InChI=1S/C18H14N2O4S/c21-18(20-25(22,23)17-6-2-1-3-7-17)14-8-10-15(11-9-14)24-16-5-4-12-19-13-16/h1-13H,(H,20,21). The quantitative estimate of drug-likeness (QED) is 0.761. The zero-order valence-corrected chi connectivity index (χ0v) is 13.8. The van der Waals surface area contributed by atoms with Crippen molar-refractivity contribution in [3.63, 3.8) is 0 Å². The lowest BCUT2D eigenvalue weighted by Gasteiger charge is -2.08. The van der Waals surface area contributed by atoms with Crippen molar-refractivity contribution in [2.24, 2.45) is 0 Å². The predicted molar refractivity (Wildman–Crippen MR) is 91.8 cm³/mol. The monoisotopic (exact) mass is 354 g/mol. The van der Waals surface area contributed by atoms with Gasteiger partial charge in [-0.1, -0.05) is 18.2 Å². The third-order valence-corrected chi connectivity index (χ3v) is 4.61. The fourth-order valence-electron chi connectivity index (χ4n) is 2.06. The summed E-state index contributed by atoms with van der Waals surface area (Å²) in [6.45, 7) is 0. The number of amides is 1. The number of rotatable bonds is 5. The summed E-state index contributed by atoms with van der Waals surface area (Å²) in [5, 5.41) is 0. The molecule has 7 heteroatoms. The molecule has 0 unspecified atom stereocenters. The van der Waals surface area contributed by atoms with E-state index >= 15 is 0 Å². The van der Waals surface area contributed by atoms with Crippen LogP contribution in [0.15, 0.2) is 84.0 Å². The van der Waals surface area contributed by atoms with Crippen LogP contribution in [-0.4, -0.2) is 19.3 Å². The lowest BCUT2D eigenvalue weighted by Crippen LogP contribution is -2.30. The fraction of sp³-hybridized carbons (Fsp3) is 0. The van der Waals surface area contributed by atoms with E-state index in [2.05, 4.69) is 4.98 Å². The molecule has 126 valence electrons. The predicted octanol–water partition coefficient (Wildman–Crippen LogP) is 2.99. The molecule has 0 bridgehead atoms. The molecule has 0 atom stereocenters. The van der Waals surface area contributed by atoms with Crippen LogP contribution in [0.25, 0.3) is 0 Å². The van der Waals surface area contributed by atoms with Crippen molar-refractivity contribution in [2.75, 3.05) is 0 Å². The van der Waals surface area contributed by atoms with Crippen LogP contribution in [0.3, 0.4) is 0 Å². The molecule has 0 fully saturated rings. The maximum Gasteiger partial charge on any atom is 0.265 e. The zero-order valence-electron chi connectivity index (χ0n) is 13.0. The van der Waals surface area contributed by atoms with Crippen molar-refractivity contribution in [3.8, 4) is 11.5 Å². The summed E-state index contributed by atoms with van der Waals surface area (Å²) in [7, 11) is -3.91. The van der Waals surface area contributed by atoms with Gasteiger partial charge in [0.15, 0.2) is 0 Å². The molecule has 1 N–H and O–H groups in total. The van der Waals surface area contributed by atoms with Crippen LogP contribution in [0, 0.1) is 0 Å². The molecule has 0 aliphatic heterocycles. The van der Waals surface area contributed by atoms with Gasteiger partial charge in [-0.05, 0) is 48.5 Å². The Bertz CT molecular complexity index is 957. The SMILES string of the molecule is O=C(NS(=O)(=O)c1ccccc1)c1ccc(Oc2cccnc2)cc1. The molecule has 0 saturated heterocycles. The van der Waals surface area contributed by atoms with Crippen molar-refractivity contribution in [1.82, 2.24) is 9.71 Å². The molecule has 0 aliphatic carbocycles. The second-order valence-corrected chi connectivity index (χ2v) is 6.75. The van der Waals surface area contributed by atoms with Gasteiger partial charge in [0.2, 0.25) is 0 Å². The van der Waals surface area contributed by atoms with E-state index in [1.54, 1.807) is 54.9 Å². The minimum atomic E-state index is -3.91. The highest BCUT2D eigenvalue weighted by molar-refractivity contribution is 7.90. The number of carbonyl (C=O) groups excluding carboxylic acids is 1. The number of nitrogens with one attached hydrogen (secondary N) is 1. The summed E-state index contributed by atoms with van der Waals surface area (Å²) in [6.07, 6.45) is 3.19. The summed E-state index contributed by atoms with van der Waals surface area (Å²) < 4.78 is 31.9. The Morgan fingerprint density at radius 1 is 0.880 bits per heavy atom. The van der Waals surface area contributed by atoms with Crippen LogP contribution < -0.4 is 9.46 Å². The highest BCUT2D eigenvalue weighted by Gasteiger charge is 2.18. The van der Waals surface area contributed by atoms with E-state index in [0.29, 0.717) is 11.5 Å². The Balaban J connectivity index is 1.71. The average Bonchev–Trinajstić information content (AvgIpc) is 2.63. The molecule has 0 saturated carbocycles. The number of benzene rings is 2. The number of aromatic nitrogens is 1.